The molecule has 2 heterocycles. The summed E-state index contributed by atoms with van der Waals surface area (Å²) < 4.78 is 38.1. The van der Waals surface area contributed by atoms with Crippen LogP contribution in [0.25, 0.3) is 22.0 Å². The van der Waals surface area contributed by atoms with E-state index in [9.17, 15) is 9.59 Å². The standard InChI is InChI=1S/C28H30FN3O6/c1-16-24(22(32(2)31-16)15-38-14-17-6-8-18(35-3)9-7-17)25-21(29)12-10-19-20(11-13-23(33)36-4)27(28(34)37-5)30-26(19)25/h6-10,12,30H,11,13-15H2,1-5H3. The Morgan fingerprint density at radius 3 is 2.39 bits per heavy atom. The second-order valence-electron chi connectivity index (χ2n) is 8.76. The summed E-state index contributed by atoms with van der Waals surface area (Å²) in [5, 5.41) is 5.13. The number of nitrogens with zero attached hydrogens (tertiary/aromatic N) is 2. The number of fused-ring (bicyclic) bond motifs is 1. The van der Waals surface area contributed by atoms with Gasteiger partial charge >= 0.3 is 11.9 Å². The molecule has 2 aromatic carbocycles. The quantitative estimate of drug-likeness (QED) is 0.302. The highest BCUT2D eigenvalue weighted by atomic mass is 19.1. The van der Waals surface area contributed by atoms with E-state index < -0.39 is 17.8 Å². The molecule has 0 aliphatic carbocycles. The fourth-order valence-corrected chi connectivity index (χ4v) is 4.59. The molecule has 9 nitrogen and oxygen atoms in total. The van der Waals surface area contributed by atoms with Crippen molar-refractivity contribution in [3.63, 3.8) is 0 Å². The van der Waals surface area contributed by atoms with Gasteiger partial charge in [0.05, 0.1) is 51.4 Å². The van der Waals surface area contributed by atoms with Gasteiger partial charge in [-0.05, 0) is 48.7 Å². The molecule has 200 valence electrons. The van der Waals surface area contributed by atoms with Gasteiger partial charge in [0.2, 0.25) is 0 Å². The van der Waals surface area contributed by atoms with Crippen LogP contribution in [-0.4, -0.2) is 48.0 Å². The number of hydrogen-bond donors (Lipinski definition) is 1. The number of hydrogen-bond acceptors (Lipinski definition) is 7. The molecule has 1 N–H and O–H groups in total. The molecular formula is C28H30FN3O6. The van der Waals surface area contributed by atoms with Crippen LogP contribution in [-0.2, 0) is 45.7 Å². The van der Waals surface area contributed by atoms with E-state index in [1.165, 1.54) is 20.3 Å². The Morgan fingerprint density at radius 2 is 1.74 bits per heavy atom. The molecule has 0 fully saturated rings. The first-order valence-electron chi connectivity index (χ1n) is 12.0. The first kappa shape index (κ1) is 26.9. The monoisotopic (exact) mass is 523 g/mol. The van der Waals surface area contributed by atoms with Gasteiger partial charge in [-0.1, -0.05) is 12.1 Å². The van der Waals surface area contributed by atoms with E-state index in [-0.39, 0.29) is 30.7 Å². The van der Waals surface area contributed by atoms with Crippen LogP contribution in [0.2, 0.25) is 0 Å². The summed E-state index contributed by atoms with van der Waals surface area (Å²) in [5.74, 6) is -0.762. The van der Waals surface area contributed by atoms with Crippen molar-refractivity contribution in [3.8, 4) is 16.9 Å². The van der Waals surface area contributed by atoms with Gasteiger partial charge in [-0.3, -0.25) is 9.48 Å². The molecule has 4 aromatic rings. The molecular weight excluding hydrogens is 493 g/mol. The number of rotatable bonds is 10. The summed E-state index contributed by atoms with van der Waals surface area (Å²) in [4.78, 5) is 27.5. The zero-order valence-corrected chi connectivity index (χ0v) is 22.0. The van der Waals surface area contributed by atoms with Crippen molar-refractivity contribution in [2.75, 3.05) is 21.3 Å². The van der Waals surface area contributed by atoms with Gasteiger partial charge in [0.15, 0.2) is 0 Å². The van der Waals surface area contributed by atoms with Crippen LogP contribution in [0.15, 0.2) is 36.4 Å². The Hall–Kier alpha value is -4.18. The predicted molar refractivity (Wildman–Crippen MR) is 138 cm³/mol. The molecule has 0 unspecified atom stereocenters. The van der Waals surface area contributed by atoms with Crippen molar-refractivity contribution in [2.24, 2.45) is 7.05 Å². The van der Waals surface area contributed by atoms with E-state index in [1.54, 1.807) is 31.8 Å². The van der Waals surface area contributed by atoms with Crippen molar-refractivity contribution in [1.82, 2.24) is 14.8 Å². The van der Waals surface area contributed by atoms with Gasteiger partial charge < -0.3 is 23.9 Å². The van der Waals surface area contributed by atoms with E-state index in [0.29, 0.717) is 40.0 Å². The number of aryl methyl sites for hydroxylation is 3. The lowest BCUT2D eigenvalue weighted by molar-refractivity contribution is -0.140. The Kier molecular flexibility index (Phi) is 8.11. The number of esters is 2. The van der Waals surface area contributed by atoms with Gasteiger partial charge in [-0.15, -0.1) is 0 Å². The lowest BCUT2D eigenvalue weighted by Crippen LogP contribution is -2.07. The maximum Gasteiger partial charge on any atom is 0.354 e. The second-order valence-corrected chi connectivity index (χ2v) is 8.76. The first-order chi connectivity index (χ1) is 18.3. The number of halogens is 1. The topological polar surface area (TPSA) is 105 Å². The highest BCUT2D eigenvalue weighted by Gasteiger charge is 2.26. The van der Waals surface area contributed by atoms with Gasteiger partial charge in [0.1, 0.15) is 17.3 Å². The predicted octanol–water partition coefficient (Wildman–Crippen LogP) is 4.63. The van der Waals surface area contributed by atoms with Crippen LogP contribution in [0.4, 0.5) is 4.39 Å². The summed E-state index contributed by atoms with van der Waals surface area (Å²) >= 11 is 0. The van der Waals surface area contributed by atoms with Crippen molar-refractivity contribution in [3.05, 3.63) is 70.4 Å². The van der Waals surface area contributed by atoms with Gasteiger partial charge in [-0.2, -0.15) is 5.10 Å². The Labute approximate surface area is 219 Å². The summed E-state index contributed by atoms with van der Waals surface area (Å²) in [6.07, 6.45) is 0.266. The number of carbonyl (C=O) groups excluding carboxylic acids is 2. The number of nitrogens with one attached hydrogen (secondary N) is 1. The smallest absolute Gasteiger partial charge is 0.354 e. The molecule has 0 aliphatic heterocycles. The Bertz CT molecular complexity index is 1470. The number of aromatic nitrogens is 3. The third-order valence-electron chi connectivity index (χ3n) is 6.49. The van der Waals surface area contributed by atoms with Crippen molar-refractivity contribution in [2.45, 2.75) is 33.0 Å². The summed E-state index contributed by atoms with van der Waals surface area (Å²) in [7, 11) is 5.95. The number of ether oxygens (including phenoxy) is 4. The van der Waals surface area contributed by atoms with Crippen LogP contribution < -0.4 is 4.74 Å². The molecule has 38 heavy (non-hydrogen) atoms. The van der Waals surface area contributed by atoms with Crippen LogP contribution in [0.1, 0.15) is 39.4 Å². The zero-order chi connectivity index (χ0) is 27.4. The summed E-state index contributed by atoms with van der Waals surface area (Å²) in [5.41, 5.74) is 4.21. The lowest BCUT2D eigenvalue weighted by Gasteiger charge is -2.11. The van der Waals surface area contributed by atoms with Gasteiger partial charge in [-0.25, -0.2) is 9.18 Å². The first-order valence-corrected chi connectivity index (χ1v) is 12.0. The third kappa shape index (κ3) is 5.26. The van der Waals surface area contributed by atoms with Crippen molar-refractivity contribution < 1.29 is 32.9 Å². The second kappa shape index (κ2) is 11.5. The average Bonchev–Trinajstić information content (AvgIpc) is 3.43. The fourth-order valence-electron chi connectivity index (χ4n) is 4.59. The number of benzene rings is 2. The molecule has 4 rings (SSSR count). The van der Waals surface area contributed by atoms with Crippen LogP contribution in [0, 0.1) is 12.7 Å². The number of carbonyl (C=O) groups is 2. The van der Waals surface area contributed by atoms with E-state index >= 15 is 4.39 Å². The molecule has 0 bridgehead atoms. The molecule has 0 atom stereocenters. The minimum atomic E-state index is -0.613. The van der Waals surface area contributed by atoms with Crippen LogP contribution in [0.5, 0.6) is 5.75 Å². The normalized spacial score (nSPS) is 11.1. The van der Waals surface area contributed by atoms with E-state index in [2.05, 4.69) is 10.1 Å². The average molecular weight is 524 g/mol. The molecule has 0 spiro atoms. The van der Waals surface area contributed by atoms with Gasteiger partial charge in [0, 0.05) is 30.0 Å². The maximum absolute atomic E-state index is 15.5. The number of aromatic amines is 1. The highest BCUT2D eigenvalue weighted by Crippen LogP contribution is 2.38. The molecule has 2 aromatic heterocycles. The summed E-state index contributed by atoms with van der Waals surface area (Å²) in [6.45, 7) is 2.31. The Balaban J connectivity index is 1.75. The van der Waals surface area contributed by atoms with Crippen molar-refractivity contribution in [1.29, 1.82) is 0 Å². The molecule has 0 saturated heterocycles. The van der Waals surface area contributed by atoms with Crippen LogP contribution >= 0.6 is 0 Å². The maximum atomic E-state index is 15.5. The fraction of sp³-hybridized carbons (Fsp3) is 0.321. The molecule has 10 heteroatoms. The molecule has 0 amide bonds. The van der Waals surface area contributed by atoms with E-state index in [1.807, 2.05) is 24.3 Å². The minimum absolute atomic E-state index is 0.0521. The van der Waals surface area contributed by atoms with Crippen molar-refractivity contribution >= 4 is 22.8 Å². The van der Waals surface area contributed by atoms with E-state index in [4.69, 9.17) is 18.9 Å². The Morgan fingerprint density at radius 1 is 1.00 bits per heavy atom. The minimum Gasteiger partial charge on any atom is -0.497 e. The van der Waals surface area contributed by atoms with E-state index in [0.717, 1.165) is 11.3 Å². The zero-order valence-electron chi connectivity index (χ0n) is 22.0. The summed E-state index contributed by atoms with van der Waals surface area (Å²) in [6, 6.07) is 10.5. The SMILES string of the molecule is COC(=O)CCc1c(C(=O)OC)[nH]c2c(-c3c(C)nn(C)c3COCc3ccc(OC)cc3)c(F)ccc12. The number of methoxy groups -OCH3 is 3. The molecule has 0 radical (unpaired) electrons. The molecule has 0 saturated carbocycles. The highest BCUT2D eigenvalue weighted by molar-refractivity contribution is 6.04. The van der Waals surface area contributed by atoms with Crippen LogP contribution in [0.3, 0.4) is 0 Å². The third-order valence-corrected chi connectivity index (χ3v) is 6.49. The number of H-pyrrole nitrogens is 1. The molecule has 0 aliphatic rings. The lowest BCUT2D eigenvalue weighted by atomic mass is 9.97. The van der Waals surface area contributed by atoms with Gasteiger partial charge in [0.25, 0.3) is 0 Å². The largest absolute Gasteiger partial charge is 0.497 e.